The predicted molar refractivity (Wildman–Crippen MR) is 94.8 cm³/mol. The van der Waals surface area contributed by atoms with E-state index in [2.05, 4.69) is 45.0 Å². The molecule has 0 aromatic rings. The number of unbranched alkanes of at least 4 members (excludes halogenated alkanes) is 2. The molecular formula is C19H40N2. The van der Waals surface area contributed by atoms with E-state index in [0.29, 0.717) is 5.41 Å². The van der Waals surface area contributed by atoms with E-state index in [1.54, 1.807) is 0 Å². The van der Waals surface area contributed by atoms with E-state index in [-0.39, 0.29) is 0 Å². The minimum atomic E-state index is 0.521. The molecule has 21 heavy (non-hydrogen) atoms. The number of hydrogen-bond acceptors (Lipinski definition) is 2. The quantitative estimate of drug-likeness (QED) is 0.595. The second-order valence-electron chi connectivity index (χ2n) is 8.17. The first kappa shape index (κ1) is 19.0. The van der Waals surface area contributed by atoms with Crippen molar-refractivity contribution in [1.82, 2.24) is 10.2 Å². The Labute approximate surface area is 134 Å². The van der Waals surface area contributed by atoms with E-state index in [1.165, 1.54) is 64.6 Å². The maximum atomic E-state index is 3.76. The van der Waals surface area contributed by atoms with Gasteiger partial charge in [0, 0.05) is 13.1 Å². The zero-order valence-corrected chi connectivity index (χ0v) is 15.4. The van der Waals surface area contributed by atoms with Crippen LogP contribution in [0.4, 0.5) is 0 Å². The van der Waals surface area contributed by atoms with Crippen LogP contribution in [-0.2, 0) is 0 Å². The Balaban J connectivity index is 2.50. The molecule has 2 atom stereocenters. The first-order valence-electron chi connectivity index (χ1n) is 9.36. The van der Waals surface area contributed by atoms with Gasteiger partial charge in [0.25, 0.3) is 0 Å². The maximum absolute atomic E-state index is 3.76. The Kier molecular flexibility index (Phi) is 8.89. The van der Waals surface area contributed by atoms with E-state index in [9.17, 15) is 0 Å². The summed E-state index contributed by atoms with van der Waals surface area (Å²) in [6, 6.07) is 0. The summed E-state index contributed by atoms with van der Waals surface area (Å²) < 4.78 is 0. The van der Waals surface area contributed by atoms with E-state index in [1.807, 2.05) is 0 Å². The fourth-order valence-electron chi connectivity index (χ4n) is 4.04. The van der Waals surface area contributed by atoms with Gasteiger partial charge in [-0.3, -0.25) is 0 Å². The molecular weight excluding hydrogens is 256 g/mol. The zero-order chi connectivity index (χ0) is 15.7. The predicted octanol–water partition coefficient (Wildman–Crippen LogP) is 4.55. The maximum Gasteiger partial charge on any atom is 0.00472 e. The van der Waals surface area contributed by atoms with E-state index < -0.39 is 0 Å². The fraction of sp³-hybridized carbons (Fsp3) is 1.00. The van der Waals surface area contributed by atoms with Gasteiger partial charge < -0.3 is 10.2 Å². The first-order valence-corrected chi connectivity index (χ1v) is 9.36. The minimum Gasteiger partial charge on any atom is -0.316 e. The molecule has 0 aliphatic heterocycles. The number of rotatable bonds is 10. The Morgan fingerprint density at radius 2 is 2.05 bits per heavy atom. The first-order chi connectivity index (χ1) is 9.97. The van der Waals surface area contributed by atoms with Crippen LogP contribution in [-0.4, -0.2) is 38.1 Å². The summed E-state index contributed by atoms with van der Waals surface area (Å²) in [4.78, 5) is 2.60. The summed E-state index contributed by atoms with van der Waals surface area (Å²) in [5.41, 5.74) is 0.521. The third kappa shape index (κ3) is 7.65. The normalized spacial score (nSPS) is 26.7. The lowest BCUT2D eigenvalue weighted by Crippen LogP contribution is -2.46. The lowest BCUT2D eigenvalue weighted by molar-refractivity contribution is 0.0904. The monoisotopic (exact) mass is 296 g/mol. The van der Waals surface area contributed by atoms with Crippen LogP contribution < -0.4 is 5.32 Å². The summed E-state index contributed by atoms with van der Waals surface area (Å²) in [5, 5.41) is 3.76. The summed E-state index contributed by atoms with van der Waals surface area (Å²) in [5.74, 6) is 1.66. The van der Waals surface area contributed by atoms with Gasteiger partial charge in [-0.15, -0.1) is 0 Å². The third-order valence-corrected chi connectivity index (χ3v) is 4.99. The van der Waals surface area contributed by atoms with E-state index >= 15 is 0 Å². The van der Waals surface area contributed by atoms with Crippen molar-refractivity contribution >= 4 is 0 Å². The smallest absolute Gasteiger partial charge is 0.00472 e. The molecule has 126 valence electrons. The van der Waals surface area contributed by atoms with Crippen LogP contribution in [0.15, 0.2) is 0 Å². The molecule has 2 heteroatoms. The molecule has 0 saturated heterocycles. The number of hydrogen-bond donors (Lipinski definition) is 1. The van der Waals surface area contributed by atoms with Crippen LogP contribution in [0, 0.1) is 17.3 Å². The molecule has 1 rings (SSSR count). The molecule has 1 aliphatic carbocycles. The highest BCUT2D eigenvalue weighted by atomic mass is 15.1. The van der Waals surface area contributed by atoms with Crippen molar-refractivity contribution < 1.29 is 0 Å². The van der Waals surface area contributed by atoms with E-state index in [4.69, 9.17) is 0 Å². The third-order valence-electron chi connectivity index (χ3n) is 4.99. The molecule has 1 saturated carbocycles. The molecule has 0 spiro atoms. The van der Waals surface area contributed by atoms with E-state index in [0.717, 1.165) is 18.4 Å². The molecule has 2 unspecified atom stereocenters. The summed E-state index contributed by atoms with van der Waals surface area (Å²) in [6.45, 7) is 14.3. The second kappa shape index (κ2) is 9.84. The Hall–Kier alpha value is -0.0800. The molecule has 0 bridgehead atoms. The van der Waals surface area contributed by atoms with Crippen LogP contribution in [0.5, 0.6) is 0 Å². The molecule has 0 amide bonds. The van der Waals surface area contributed by atoms with Gasteiger partial charge in [-0.1, -0.05) is 53.4 Å². The number of nitrogens with one attached hydrogen (secondary N) is 1. The van der Waals surface area contributed by atoms with Gasteiger partial charge in [-0.2, -0.15) is 0 Å². The number of nitrogens with zero attached hydrogens (tertiary/aromatic N) is 1. The Morgan fingerprint density at radius 3 is 2.67 bits per heavy atom. The van der Waals surface area contributed by atoms with Crippen LogP contribution in [0.2, 0.25) is 0 Å². The van der Waals surface area contributed by atoms with Crippen molar-refractivity contribution in [1.29, 1.82) is 0 Å². The van der Waals surface area contributed by atoms with Gasteiger partial charge >= 0.3 is 0 Å². The van der Waals surface area contributed by atoms with Gasteiger partial charge in [-0.05, 0) is 56.7 Å². The Bertz CT molecular complexity index is 264. The lowest BCUT2D eigenvalue weighted by Gasteiger charge is -2.43. The van der Waals surface area contributed by atoms with Crippen molar-refractivity contribution in [2.24, 2.45) is 17.3 Å². The van der Waals surface area contributed by atoms with Gasteiger partial charge in [-0.25, -0.2) is 0 Å². The second-order valence-corrected chi connectivity index (χ2v) is 8.17. The van der Waals surface area contributed by atoms with Crippen LogP contribution in [0.3, 0.4) is 0 Å². The van der Waals surface area contributed by atoms with Crippen molar-refractivity contribution in [2.75, 3.05) is 33.2 Å². The summed E-state index contributed by atoms with van der Waals surface area (Å²) in [7, 11) is 2.33. The highest BCUT2D eigenvalue weighted by molar-refractivity contribution is 4.89. The summed E-state index contributed by atoms with van der Waals surface area (Å²) in [6.07, 6.45) is 9.75. The van der Waals surface area contributed by atoms with Gasteiger partial charge in [0.2, 0.25) is 0 Å². The summed E-state index contributed by atoms with van der Waals surface area (Å²) >= 11 is 0. The molecule has 0 aromatic carbocycles. The zero-order valence-electron chi connectivity index (χ0n) is 15.4. The fourth-order valence-corrected chi connectivity index (χ4v) is 4.04. The average Bonchev–Trinajstić information content (AvgIpc) is 2.38. The highest BCUT2D eigenvalue weighted by Gasteiger charge is 2.35. The topological polar surface area (TPSA) is 15.3 Å². The van der Waals surface area contributed by atoms with Gasteiger partial charge in [0.15, 0.2) is 0 Å². The van der Waals surface area contributed by atoms with Gasteiger partial charge in [0.05, 0.1) is 0 Å². The minimum absolute atomic E-state index is 0.521. The van der Waals surface area contributed by atoms with Crippen molar-refractivity contribution in [3.63, 3.8) is 0 Å². The van der Waals surface area contributed by atoms with Crippen molar-refractivity contribution in [3.05, 3.63) is 0 Å². The van der Waals surface area contributed by atoms with Crippen molar-refractivity contribution in [2.45, 2.75) is 72.6 Å². The highest BCUT2D eigenvalue weighted by Crippen LogP contribution is 2.39. The van der Waals surface area contributed by atoms with Crippen LogP contribution in [0.1, 0.15) is 72.6 Å². The lowest BCUT2D eigenvalue weighted by atomic mass is 9.69. The average molecular weight is 297 g/mol. The van der Waals surface area contributed by atoms with Crippen LogP contribution in [0.25, 0.3) is 0 Å². The Morgan fingerprint density at radius 1 is 1.29 bits per heavy atom. The molecule has 0 heterocycles. The van der Waals surface area contributed by atoms with Crippen molar-refractivity contribution in [3.8, 4) is 0 Å². The molecule has 1 N–H and O–H groups in total. The molecule has 2 nitrogen and oxygen atoms in total. The van der Waals surface area contributed by atoms with Gasteiger partial charge in [0.1, 0.15) is 0 Å². The molecule has 1 aliphatic rings. The SMILES string of the molecule is CCCCCN(C)CC1(CNCC(C)C)CCCC(C)C1. The largest absolute Gasteiger partial charge is 0.316 e. The standard InChI is InChI=1S/C19H40N2/c1-6-7-8-12-21(5)16-19(15-20-14-17(2)3)11-9-10-18(4)13-19/h17-18,20H,6-16H2,1-5H3. The molecule has 0 radical (unpaired) electrons. The molecule has 0 aromatic heterocycles. The van der Waals surface area contributed by atoms with Crippen LogP contribution >= 0.6 is 0 Å². The molecule has 1 fully saturated rings.